The topological polar surface area (TPSA) is 41.5 Å². The Morgan fingerprint density at radius 1 is 1.58 bits per heavy atom. The van der Waals surface area contributed by atoms with E-state index >= 15 is 0 Å². The molecule has 1 rings (SSSR count). The smallest absolute Gasteiger partial charge is 0.0650 e. The Balaban J connectivity index is 2.35. The quantitative estimate of drug-likeness (QED) is 0.637. The Bertz CT molecular complexity index is 122. The predicted molar refractivity (Wildman–Crippen MR) is 48.2 cm³/mol. The van der Waals surface area contributed by atoms with Gasteiger partial charge in [0.25, 0.3) is 0 Å². The van der Waals surface area contributed by atoms with Gasteiger partial charge >= 0.3 is 0 Å². The lowest BCUT2D eigenvalue weighted by Gasteiger charge is -2.27. The van der Waals surface area contributed by atoms with Gasteiger partial charge in [0.1, 0.15) is 0 Å². The minimum atomic E-state index is 0.0742. The molecule has 3 heteroatoms. The molecule has 12 heavy (non-hydrogen) atoms. The second-order valence-corrected chi connectivity index (χ2v) is 3.48. The van der Waals surface area contributed by atoms with Gasteiger partial charge in [-0.2, -0.15) is 0 Å². The largest absolute Gasteiger partial charge is 0.396 e. The van der Waals surface area contributed by atoms with Crippen LogP contribution in [0, 0.1) is 0 Å². The number of nitrogens with one attached hydrogen (secondary N) is 1. The Morgan fingerprint density at radius 2 is 2.42 bits per heavy atom. The van der Waals surface area contributed by atoms with E-state index < -0.39 is 0 Å². The maximum absolute atomic E-state index is 8.90. The van der Waals surface area contributed by atoms with Crippen LogP contribution in [-0.4, -0.2) is 37.0 Å². The molecule has 0 aromatic heterocycles. The maximum atomic E-state index is 8.90. The molecule has 1 unspecified atom stereocenters. The molecular weight excluding hydrogens is 154 g/mol. The van der Waals surface area contributed by atoms with E-state index in [0.717, 1.165) is 39.0 Å². The lowest BCUT2D eigenvalue weighted by molar-refractivity contribution is 0.147. The fourth-order valence-electron chi connectivity index (χ4n) is 1.64. The second-order valence-electron chi connectivity index (χ2n) is 3.48. The lowest BCUT2D eigenvalue weighted by Crippen LogP contribution is -2.46. The van der Waals surface area contributed by atoms with Crippen LogP contribution in [0.3, 0.4) is 0 Å². The Labute approximate surface area is 74.1 Å². The molecule has 0 bridgehead atoms. The zero-order valence-electron chi connectivity index (χ0n) is 7.81. The monoisotopic (exact) mass is 173 g/mol. The van der Waals surface area contributed by atoms with Gasteiger partial charge in [0.2, 0.25) is 0 Å². The molecular formula is C9H19NO2. The highest BCUT2D eigenvalue weighted by Gasteiger charge is 2.33. The summed E-state index contributed by atoms with van der Waals surface area (Å²) in [6.45, 7) is 5.00. The SMILES string of the molecule is CCCNC1(CCO)CCOC1. The molecule has 0 amide bonds. The van der Waals surface area contributed by atoms with Crippen molar-refractivity contribution in [3.05, 3.63) is 0 Å². The molecule has 0 radical (unpaired) electrons. The van der Waals surface area contributed by atoms with Crippen molar-refractivity contribution in [1.82, 2.24) is 5.32 Å². The molecule has 1 fully saturated rings. The number of aliphatic hydroxyl groups is 1. The lowest BCUT2D eigenvalue weighted by atomic mass is 9.94. The van der Waals surface area contributed by atoms with Crippen molar-refractivity contribution in [1.29, 1.82) is 0 Å². The van der Waals surface area contributed by atoms with Crippen LogP contribution in [0.4, 0.5) is 0 Å². The van der Waals surface area contributed by atoms with Crippen LogP contribution in [0.1, 0.15) is 26.2 Å². The third kappa shape index (κ3) is 2.44. The molecule has 1 saturated heterocycles. The van der Waals surface area contributed by atoms with E-state index in [2.05, 4.69) is 12.2 Å². The van der Waals surface area contributed by atoms with Crippen LogP contribution in [0.15, 0.2) is 0 Å². The Kier molecular flexibility index (Phi) is 3.98. The Morgan fingerprint density at radius 3 is 2.92 bits per heavy atom. The molecule has 0 aliphatic carbocycles. The van der Waals surface area contributed by atoms with Crippen LogP contribution < -0.4 is 5.32 Å². The Hall–Kier alpha value is -0.120. The third-order valence-electron chi connectivity index (χ3n) is 2.44. The molecule has 0 aromatic carbocycles. The van der Waals surface area contributed by atoms with Gasteiger partial charge in [0.05, 0.1) is 6.61 Å². The molecule has 2 N–H and O–H groups in total. The normalized spacial score (nSPS) is 29.5. The molecule has 72 valence electrons. The predicted octanol–water partition coefficient (Wildman–Crippen LogP) is 0.527. The van der Waals surface area contributed by atoms with E-state index in [-0.39, 0.29) is 12.1 Å². The summed E-state index contributed by atoms with van der Waals surface area (Å²) in [5, 5.41) is 12.4. The van der Waals surface area contributed by atoms with Crippen LogP contribution in [-0.2, 0) is 4.74 Å². The average Bonchev–Trinajstić information content (AvgIpc) is 2.51. The van der Waals surface area contributed by atoms with Gasteiger partial charge in [0, 0.05) is 18.8 Å². The molecule has 1 aliphatic rings. The van der Waals surface area contributed by atoms with Crippen molar-refractivity contribution in [2.45, 2.75) is 31.7 Å². The van der Waals surface area contributed by atoms with Gasteiger partial charge < -0.3 is 15.2 Å². The zero-order valence-corrected chi connectivity index (χ0v) is 7.81. The number of rotatable bonds is 5. The van der Waals surface area contributed by atoms with E-state index in [1.54, 1.807) is 0 Å². The number of aliphatic hydroxyl groups excluding tert-OH is 1. The molecule has 1 atom stereocenters. The van der Waals surface area contributed by atoms with Crippen molar-refractivity contribution >= 4 is 0 Å². The minimum Gasteiger partial charge on any atom is -0.396 e. The number of hydrogen-bond acceptors (Lipinski definition) is 3. The fourth-order valence-corrected chi connectivity index (χ4v) is 1.64. The van der Waals surface area contributed by atoms with Gasteiger partial charge in [-0.05, 0) is 25.8 Å². The summed E-state index contributed by atoms with van der Waals surface area (Å²) in [4.78, 5) is 0. The highest BCUT2D eigenvalue weighted by atomic mass is 16.5. The van der Waals surface area contributed by atoms with Crippen LogP contribution in [0.5, 0.6) is 0 Å². The first-order valence-electron chi connectivity index (χ1n) is 4.76. The van der Waals surface area contributed by atoms with Crippen molar-refractivity contribution in [2.24, 2.45) is 0 Å². The van der Waals surface area contributed by atoms with Crippen molar-refractivity contribution in [2.75, 3.05) is 26.4 Å². The highest BCUT2D eigenvalue weighted by molar-refractivity contribution is 4.91. The van der Waals surface area contributed by atoms with E-state index in [1.165, 1.54) is 0 Å². The van der Waals surface area contributed by atoms with Gasteiger partial charge in [-0.15, -0.1) is 0 Å². The molecule has 3 nitrogen and oxygen atoms in total. The second kappa shape index (κ2) is 4.80. The first-order valence-corrected chi connectivity index (χ1v) is 4.76. The molecule has 0 aromatic rings. The summed E-state index contributed by atoms with van der Waals surface area (Å²) >= 11 is 0. The first kappa shape index (κ1) is 9.96. The van der Waals surface area contributed by atoms with E-state index in [1.807, 2.05) is 0 Å². The summed E-state index contributed by atoms with van der Waals surface area (Å²) in [7, 11) is 0. The van der Waals surface area contributed by atoms with Crippen molar-refractivity contribution in [3.63, 3.8) is 0 Å². The van der Waals surface area contributed by atoms with E-state index in [4.69, 9.17) is 9.84 Å². The van der Waals surface area contributed by atoms with Crippen LogP contribution in [0.2, 0.25) is 0 Å². The summed E-state index contributed by atoms with van der Waals surface area (Å²) in [5.41, 5.74) is 0.0742. The van der Waals surface area contributed by atoms with E-state index in [9.17, 15) is 0 Å². The standard InChI is InChI=1S/C9H19NO2/c1-2-5-10-9(3-6-11)4-7-12-8-9/h10-11H,2-8H2,1H3. The fraction of sp³-hybridized carbons (Fsp3) is 1.00. The molecule has 1 aliphatic heterocycles. The highest BCUT2D eigenvalue weighted by Crippen LogP contribution is 2.21. The van der Waals surface area contributed by atoms with Crippen molar-refractivity contribution in [3.8, 4) is 0 Å². The average molecular weight is 173 g/mol. The molecule has 0 spiro atoms. The van der Waals surface area contributed by atoms with Crippen molar-refractivity contribution < 1.29 is 9.84 Å². The molecule has 0 saturated carbocycles. The summed E-state index contributed by atoms with van der Waals surface area (Å²) in [6.07, 6.45) is 2.98. The van der Waals surface area contributed by atoms with E-state index in [0.29, 0.717) is 0 Å². The first-order chi connectivity index (χ1) is 5.83. The summed E-state index contributed by atoms with van der Waals surface area (Å²) in [5.74, 6) is 0. The van der Waals surface area contributed by atoms with Gasteiger partial charge in [-0.1, -0.05) is 6.92 Å². The maximum Gasteiger partial charge on any atom is 0.0650 e. The number of hydrogen-bond donors (Lipinski definition) is 2. The molecule has 1 heterocycles. The van der Waals surface area contributed by atoms with Gasteiger partial charge in [-0.25, -0.2) is 0 Å². The third-order valence-corrected chi connectivity index (χ3v) is 2.44. The van der Waals surface area contributed by atoms with Gasteiger partial charge in [-0.3, -0.25) is 0 Å². The van der Waals surface area contributed by atoms with Gasteiger partial charge in [0.15, 0.2) is 0 Å². The summed E-state index contributed by atoms with van der Waals surface area (Å²) in [6, 6.07) is 0. The summed E-state index contributed by atoms with van der Waals surface area (Å²) < 4.78 is 5.34. The number of ether oxygens (including phenoxy) is 1. The van der Waals surface area contributed by atoms with Crippen LogP contribution >= 0.6 is 0 Å². The minimum absolute atomic E-state index is 0.0742. The van der Waals surface area contributed by atoms with Crippen LogP contribution in [0.25, 0.3) is 0 Å². The zero-order chi connectivity index (χ0) is 8.86.